The van der Waals surface area contributed by atoms with Crippen molar-refractivity contribution < 1.29 is 14.3 Å². The highest BCUT2D eigenvalue weighted by molar-refractivity contribution is 6.32. The Balaban J connectivity index is 4.06. The summed E-state index contributed by atoms with van der Waals surface area (Å²) in [6, 6.07) is 0. The molecule has 1 amide bonds. The molecule has 0 fully saturated rings. The maximum Gasteiger partial charge on any atom is 0.396 e. The molecule has 0 rings (SSSR count). The minimum absolute atomic E-state index is 0.192. The number of carbonyl (C=O) groups is 2. The number of esters is 1. The Hall–Kier alpha value is -1.10. The summed E-state index contributed by atoms with van der Waals surface area (Å²) >= 11 is 0. The Labute approximate surface area is 90.8 Å². The first-order valence-electron chi connectivity index (χ1n) is 4.93. The molecule has 0 aliphatic heterocycles. The van der Waals surface area contributed by atoms with E-state index in [0.29, 0.717) is 6.54 Å². The zero-order valence-corrected chi connectivity index (χ0v) is 10.1. The second-order valence-electron chi connectivity index (χ2n) is 4.11. The molecule has 0 aliphatic rings. The first-order valence-corrected chi connectivity index (χ1v) is 4.93. The molecular weight excluding hydrogens is 196 g/mol. The van der Waals surface area contributed by atoms with E-state index in [4.69, 9.17) is 0 Å². The van der Waals surface area contributed by atoms with E-state index >= 15 is 0 Å². The summed E-state index contributed by atoms with van der Waals surface area (Å²) in [7, 11) is 3.83. The van der Waals surface area contributed by atoms with Crippen molar-refractivity contribution >= 4 is 11.9 Å². The van der Waals surface area contributed by atoms with Crippen molar-refractivity contribution in [1.82, 2.24) is 10.2 Å². The summed E-state index contributed by atoms with van der Waals surface area (Å²) in [4.78, 5) is 24.2. The molecule has 1 N–H and O–H groups in total. The Morgan fingerprint density at radius 2 is 1.87 bits per heavy atom. The van der Waals surface area contributed by atoms with Gasteiger partial charge in [-0.3, -0.25) is 4.79 Å². The molecule has 0 aromatic rings. The lowest BCUT2D eigenvalue weighted by atomic mass is 10.0. The lowest BCUT2D eigenvalue weighted by Gasteiger charge is -2.32. The zero-order valence-electron chi connectivity index (χ0n) is 10.1. The van der Waals surface area contributed by atoms with Crippen LogP contribution in [0, 0.1) is 0 Å². The normalized spacial score (nSPS) is 11.3. The van der Waals surface area contributed by atoms with E-state index < -0.39 is 11.9 Å². The molecule has 0 atom stereocenters. The number of amides is 1. The van der Waals surface area contributed by atoms with Crippen molar-refractivity contribution in [2.75, 3.05) is 27.2 Å². The fraction of sp³-hybridized carbons (Fsp3) is 0.800. The summed E-state index contributed by atoms with van der Waals surface area (Å²) in [5, 5.41) is 2.53. The van der Waals surface area contributed by atoms with Crippen LogP contribution in [0.15, 0.2) is 0 Å². The molecule has 88 valence electrons. The Kier molecular flexibility index (Phi) is 5.28. The topological polar surface area (TPSA) is 58.6 Å². The van der Waals surface area contributed by atoms with Crippen LogP contribution in [0.4, 0.5) is 0 Å². The maximum atomic E-state index is 11.2. The van der Waals surface area contributed by atoms with Gasteiger partial charge in [-0.15, -0.1) is 0 Å². The van der Waals surface area contributed by atoms with E-state index in [1.165, 1.54) is 0 Å². The molecule has 0 unspecified atom stereocenters. The Morgan fingerprint density at radius 3 is 2.27 bits per heavy atom. The van der Waals surface area contributed by atoms with Gasteiger partial charge in [-0.2, -0.15) is 0 Å². The molecule has 0 saturated carbocycles. The van der Waals surface area contributed by atoms with E-state index in [0.717, 1.165) is 0 Å². The maximum absolute atomic E-state index is 11.2. The van der Waals surface area contributed by atoms with Crippen molar-refractivity contribution in [3.8, 4) is 0 Å². The molecule has 0 bridgehead atoms. The fourth-order valence-electron chi connectivity index (χ4n) is 0.724. The molecule has 0 heterocycles. The summed E-state index contributed by atoms with van der Waals surface area (Å²) in [6.07, 6.45) is 0. The lowest BCUT2D eigenvalue weighted by Crippen LogP contribution is -2.49. The number of nitrogens with one attached hydrogen (secondary N) is 1. The molecule has 15 heavy (non-hydrogen) atoms. The van der Waals surface area contributed by atoms with Crippen LogP contribution in [-0.4, -0.2) is 49.6 Å². The third-order valence-corrected chi connectivity index (χ3v) is 2.35. The second kappa shape index (κ2) is 5.70. The average molecular weight is 216 g/mol. The summed E-state index contributed by atoms with van der Waals surface area (Å²) in [6.45, 7) is 6.22. The Bertz CT molecular complexity index is 237. The van der Waals surface area contributed by atoms with Gasteiger partial charge < -0.3 is 15.0 Å². The van der Waals surface area contributed by atoms with E-state index in [1.807, 2.05) is 32.8 Å². The number of likely N-dealkylation sites (N-methyl/N-ethyl adjacent to an activating group) is 1. The van der Waals surface area contributed by atoms with Crippen molar-refractivity contribution in [3.63, 3.8) is 0 Å². The van der Waals surface area contributed by atoms with Gasteiger partial charge in [0.15, 0.2) is 0 Å². The molecule has 5 nitrogen and oxygen atoms in total. The predicted molar refractivity (Wildman–Crippen MR) is 57.4 cm³/mol. The quantitative estimate of drug-likeness (QED) is 0.531. The first kappa shape index (κ1) is 13.9. The average Bonchev–Trinajstić information content (AvgIpc) is 2.14. The van der Waals surface area contributed by atoms with Crippen molar-refractivity contribution in [2.45, 2.75) is 26.3 Å². The largest absolute Gasteiger partial charge is 0.459 e. The molecule has 0 aromatic carbocycles. The van der Waals surface area contributed by atoms with Gasteiger partial charge in [0.05, 0.1) is 6.61 Å². The van der Waals surface area contributed by atoms with Crippen LogP contribution in [-0.2, 0) is 14.3 Å². The van der Waals surface area contributed by atoms with Gasteiger partial charge in [0, 0.05) is 12.1 Å². The monoisotopic (exact) mass is 216 g/mol. The SMILES string of the molecule is CCOC(=O)C(=O)NCC(C)(C)N(C)C. The molecule has 0 spiro atoms. The van der Waals surface area contributed by atoms with Gasteiger partial charge in [-0.05, 0) is 34.9 Å². The highest BCUT2D eigenvalue weighted by atomic mass is 16.5. The van der Waals surface area contributed by atoms with Crippen LogP contribution in [0.1, 0.15) is 20.8 Å². The molecule has 0 aromatic heterocycles. The van der Waals surface area contributed by atoms with Crippen LogP contribution in [0.3, 0.4) is 0 Å². The highest BCUT2D eigenvalue weighted by Gasteiger charge is 2.23. The molecule has 5 heteroatoms. The van der Waals surface area contributed by atoms with Crippen LogP contribution < -0.4 is 5.32 Å². The Morgan fingerprint density at radius 1 is 1.33 bits per heavy atom. The van der Waals surface area contributed by atoms with Gasteiger partial charge in [-0.25, -0.2) is 4.79 Å². The van der Waals surface area contributed by atoms with Gasteiger partial charge in [0.1, 0.15) is 0 Å². The molecular formula is C10H20N2O3. The number of hydrogen-bond donors (Lipinski definition) is 1. The molecule has 0 saturated heterocycles. The van der Waals surface area contributed by atoms with Crippen molar-refractivity contribution in [3.05, 3.63) is 0 Å². The van der Waals surface area contributed by atoms with Crippen LogP contribution in [0.25, 0.3) is 0 Å². The van der Waals surface area contributed by atoms with Crippen LogP contribution >= 0.6 is 0 Å². The smallest absolute Gasteiger partial charge is 0.396 e. The van der Waals surface area contributed by atoms with Crippen LogP contribution in [0.5, 0.6) is 0 Å². The van der Waals surface area contributed by atoms with Gasteiger partial charge in [-0.1, -0.05) is 0 Å². The van der Waals surface area contributed by atoms with E-state index in [-0.39, 0.29) is 12.1 Å². The number of carbonyl (C=O) groups excluding carboxylic acids is 2. The zero-order chi connectivity index (χ0) is 12.1. The van der Waals surface area contributed by atoms with E-state index in [2.05, 4.69) is 10.1 Å². The van der Waals surface area contributed by atoms with Gasteiger partial charge in [0.25, 0.3) is 0 Å². The number of ether oxygens (including phenoxy) is 1. The predicted octanol–water partition coefficient (Wildman–Crippen LogP) is 0.00590. The first-order chi connectivity index (χ1) is 6.81. The van der Waals surface area contributed by atoms with E-state index in [9.17, 15) is 9.59 Å². The van der Waals surface area contributed by atoms with Crippen molar-refractivity contribution in [2.24, 2.45) is 0 Å². The number of hydrogen-bond acceptors (Lipinski definition) is 4. The third-order valence-electron chi connectivity index (χ3n) is 2.35. The van der Waals surface area contributed by atoms with Gasteiger partial charge in [0.2, 0.25) is 0 Å². The standard InChI is InChI=1S/C10H20N2O3/c1-6-15-9(14)8(13)11-7-10(2,3)12(4)5/h6-7H2,1-5H3,(H,11,13). The minimum atomic E-state index is -0.827. The van der Waals surface area contributed by atoms with Crippen molar-refractivity contribution in [1.29, 1.82) is 0 Å². The fourth-order valence-corrected chi connectivity index (χ4v) is 0.724. The van der Waals surface area contributed by atoms with E-state index in [1.54, 1.807) is 6.92 Å². The van der Waals surface area contributed by atoms with Crippen LogP contribution in [0.2, 0.25) is 0 Å². The minimum Gasteiger partial charge on any atom is -0.459 e. The van der Waals surface area contributed by atoms with Gasteiger partial charge >= 0.3 is 11.9 Å². The number of nitrogens with zero attached hydrogens (tertiary/aromatic N) is 1. The summed E-state index contributed by atoms with van der Waals surface area (Å²) in [5.41, 5.74) is -0.192. The summed E-state index contributed by atoms with van der Waals surface area (Å²) in [5.74, 6) is -1.51. The number of rotatable bonds is 4. The highest BCUT2D eigenvalue weighted by Crippen LogP contribution is 2.07. The molecule has 0 radical (unpaired) electrons. The lowest BCUT2D eigenvalue weighted by molar-refractivity contribution is -0.154. The second-order valence-corrected chi connectivity index (χ2v) is 4.11. The summed E-state index contributed by atoms with van der Waals surface area (Å²) < 4.78 is 4.56. The molecule has 0 aliphatic carbocycles. The third kappa shape index (κ3) is 4.78.